The Morgan fingerprint density at radius 3 is 3.00 bits per heavy atom. The van der Waals surface area contributed by atoms with E-state index in [1.165, 1.54) is 0 Å². The molecule has 0 aliphatic carbocycles. The molecule has 62 valence electrons. The molecule has 0 aromatic carbocycles. The lowest BCUT2D eigenvalue weighted by atomic mass is 10.4. The van der Waals surface area contributed by atoms with Crippen molar-refractivity contribution in [3.63, 3.8) is 0 Å². The van der Waals surface area contributed by atoms with Gasteiger partial charge in [-0.3, -0.25) is 0 Å². The topological polar surface area (TPSA) is 38.1 Å². The van der Waals surface area contributed by atoms with E-state index in [2.05, 4.69) is 17.2 Å². The van der Waals surface area contributed by atoms with Crippen LogP contribution in [0, 0.1) is 0 Å². The highest BCUT2D eigenvalue weighted by Crippen LogP contribution is 2.15. The van der Waals surface area contributed by atoms with Crippen LogP contribution in [0.1, 0.15) is 24.3 Å². The van der Waals surface area contributed by atoms with Gasteiger partial charge in [0.1, 0.15) is 5.76 Å². The van der Waals surface area contributed by atoms with Crippen molar-refractivity contribution in [3.05, 3.63) is 17.3 Å². The molecule has 1 N–H and O–H groups in total. The molecule has 0 saturated heterocycles. The van der Waals surface area contributed by atoms with Crippen molar-refractivity contribution in [3.8, 4) is 0 Å². The molecule has 4 heteroatoms. The number of nitrogens with one attached hydrogen (secondary N) is 1. The Bertz CT molecular complexity index is 225. The summed E-state index contributed by atoms with van der Waals surface area (Å²) in [5, 5.41) is 3.16. The van der Waals surface area contributed by atoms with Gasteiger partial charge in [0.25, 0.3) is 0 Å². The van der Waals surface area contributed by atoms with Crippen LogP contribution in [-0.4, -0.2) is 4.98 Å². The fraction of sp³-hybridized carbons (Fsp3) is 0.571. The van der Waals surface area contributed by atoms with Crippen LogP contribution >= 0.6 is 12.4 Å². The van der Waals surface area contributed by atoms with Crippen molar-refractivity contribution in [1.82, 2.24) is 10.3 Å². The van der Waals surface area contributed by atoms with Crippen LogP contribution in [0.2, 0.25) is 0 Å². The van der Waals surface area contributed by atoms with Crippen molar-refractivity contribution in [2.24, 2.45) is 0 Å². The van der Waals surface area contributed by atoms with E-state index in [-0.39, 0.29) is 12.4 Å². The van der Waals surface area contributed by atoms with E-state index < -0.39 is 0 Å². The molecule has 0 bridgehead atoms. The average Bonchev–Trinajstić information content (AvgIpc) is 2.42. The third-order valence-corrected chi connectivity index (χ3v) is 1.70. The third kappa shape index (κ3) is 1.39. The van der Waals surface area contributed by atoms with Crippen LogP contribution in [0.25, 0.3) is 0 Å². The highest BCUT2D eigenvalue weighted by Gasteiger charge is 2.16. The lowest BCUT2D eigenvalue weighted by Crippen LogP contribution is -2.02. The van der Waals surface area contributed by atoms with E-state index in [0.717, 1.165) is 36.9 Å². The van der Waals surface area contributed by atoms with Crippen LogP contribution in [0.4, 0.5) is 0 Å². The largest absolute Gasteiger partial charge is 0.444 e. The summed E-state index contributed by atoms with van der Waals surface area (Å²) in [4.78, 5) is 4.28. The maximum Gasteiger partial charge on any atom is 0.194 e. The maximum absolute atomic E-state index is 5.40. The summed E-state index contributed by atoms with van der Waals surface area (Å²) in [5.41, 5.74) is 1.09. The van der Waals surface area contributed by atoms with E-state index in [1.54, 1.807) is 0 Å². The molecule has 0 amide bonds. The van der Waals surface area contributed by atoms with Crippen molar-refractivity contribution in [1.29, 1.82) is 0 Å². The zero-order chi connectivity index (χ0) is 6.97. The van der Waals surface area contributed by atoms with Gasteiger partial charge in [-0.1, -0.05) is 6.92 Å². The first-order valence-corrected chi connectivity index (χ1v) is 3.58. The molecule has 1 aromatic rings. The highest BCUT2D eigenvalue weighted by molar-refractivity contribution is 5.85. The fourth-order valence-corrected chi connectivity index (χ4v) is 1.16. The summed E-state index contributed by atoms with van der Waals surface area (Å²) in [6.45, 7) is 3.77. The molecular formula is C7H11ClN2O. The summed E-state index contributed by atoms with van der Waals surface area (Å²) >= 11 is 0. The molecule has 0 fully saturated rings. The van der Waals surface area contributed by atoms with Gasteiger partial charge in [0.15, 0.2) is 5.89 Å². The predicted molar refractivity (Wildman–Crippen MR) is 43.7 cm³/mol. The molecular weight excluding hydrogens is 164 g/mol. The van der Waals surface area contributed by atoms with Crippen LogP contribution in [0.15, 0.2) is 4.42 Å². The smallest absolute Gasteiger partial charge is 0.194 e. The molecule has 0 saturated carbocycles. The fourth-order valence-electron chi connectivity index (χ4n) is 1.16. The van der Waals surface area contributed by atoms with E-state index in [0.29, 0.717) is 0 Å². The number of oxazole rings is 1. The van der Waals surface area contributed by atoms with Gasteiger partial charge in [-0.15, -0.1) is 12.4 Å². The lowest BCUT2D eigenvalue weighted by molar-refractivity contribution is 0.454. The Labute approximate surface area is 71.6 Å². The van der Waals surface area contributed by atoms with Crippen LogP contribution < -0.4 is 5.32 Å². The number of halogens is 1. The standard InChI is InChI=1S/C7H10N2O.ClH/c1-2-7-9-5-3-8-4-6(5)10-7;/h8H,2-4H2,1H3;1H. The normalized spacial score (nSPS) is 14.3. The summed E-state index contributed by atoms with van der Waals surface area (Å²) in [7, 11) is 0. The molecule has 0 spiro atoms. The Balaban J connectivity index is 0.000000605. The third-order valence-electron chi connectivity index (χ3n) is 1.70. The summed E-state index contributed by atoms with van der Waals surface area (Å²) < 4.78 is 5.40. The van der Waals surface area contributed by atoms with Crippen molar-refractivity contribution in [2.45, 2.75) is 26.4 Å². The summed E-state index contributed by atoms with van der Waals surface area (Å²) in [6, 6.07) is 0. The minimum atomic E-state index is 0. The van der Waals surface area contributed by atoms with Crippen LogP contribution in [-0.2, 0) is 19.5 Å². The zero-order valence-electron chi connectivity index (χ0n) is 6.39. The highest BCUT2D eigenvalue weighted by atomic mass is 35.5. The number of aryl methyl sites for hydroxylation is 1. The first-order valence-electron chi connectivity index (χ1n) is 3.58. The van der Waals surface area contributed by atoms with Gasteiger partial charge in [-0.25, -0.2) is 4.98 Å². The second-order valence-corrected chi connectivity index (χ2v) is 2.43. The second kappa shape index (κ2) is 3.24. The van der Waals surface area contributed by atoms with Crippen molar-refractivity contribution >= 4 is 12.4 Å². The monoisotopic (exact) mass is 174 g/mol. The molecule has 0 unspecified atom stereocenters. The maximum atomic E-state index is 5.40. The molecule has 0 atom stereocenters. The molecule has 11 heavy (non-hydrogen) atoms. The van der Waals surface area contributed by atoms with Gasteiger partial charge < -0.3 is 9.73 Å². The number of rotatable bonds is 1. The molecule has 2 heterocycles. The van der Waals surface area contributed by atoms with E-state index in [9.17, 15) is 0 Å². The van der Waals surface area contributed by atoms with E-state index in [1.807, 2.05) is 0 Å². The Hall–Kier alpha value is -0.540. The number of hydrogen-bond acceptors (Lipinski definition) is 3. The zero-order valence-corrected chi connectivity index (χ0v) is 7.20. The van der Waals surface area contributed by atoms with Gasteiger partial charge in [0.05, 0.1) is 12.2 Å². The van der Waals surface area contributed by atoms with Crippen molar-refractivity contribution in [2.75, 3.05) is 0 Å². The summed E-state index contributed by atoms with van der Waals surface area (Å²) in [6.07, 6.45) is 0.896. The van der Waals surface area contributed by atoms with Crippen LogP contribution in [0.3, 0.4) is 0 Å². The molecule has 1 aliphatic rings. The van der Waals surface area contributed by atoms with Gasteiger partial charge in [-0.05, 0) is 0 Å². The van der Waals surface area contributed by atoms with E-state index >= 15 is 0 Å². The molecule has 1 aromatic heterocycles. The molecule has 3 nitrogen and oxygen atoms in total. The van der Waals surface area contributed by atoms with Crippen LogP contribution in [0.5, 0.6) is 0 Å². The lowest BCUT2D eigenvalue weighted by Gasteiger charge is -1.87. The number of nitrogens with zero attached hydrogens (tertiary/aromatic N) is 1. The first-order chi connectivity index (χ1) is 4.90. The average molecular weight is 175 g/mol. The molecule has 1 aliphatic heterocycles. The van der Waals surface area contributed by atoms with Gasteiger partial charge >= 0.3 is 0 Å². The number of hydrogen-bond donors (Lipinski definition) is 1. The van der Waals surface area contributed by atoms with E-state index in [4.69, 9.17) is 4.42 Å². The van der Waals surface area contributed by atoms with Gasteiger partial charge in [-0.2, -0.15) is 0 Å². The second-order valence-electron chi connectivity index (χ2n) is 2.43. The molecule has 0 radical (unpaired) electrons. The Morgan fingerprint density at radius 1 is 1.55 bits per heavy atom. The minimum Gasteiger partial charge on any atom is -0.444 e. The summed E-state index contributed by atoms with van der Waals surface area (Å²) in [5.74, 6) is 1.89. The number of fused-ring (bicyclic) bond motifs is 1. The molecule has 2 rings (SSSR count). The SMILES string of the molecule is CCc1nc2c(o1)CNC2.Cl. The van der Waals surface area contributed by atoms with Gasteiger partial charge in [0.2, 0.25) is 0 Å². The van der Waals surface area contributed by atoms with Gasteiger partial charge in [0, 0.05) is 13.0 Å². The Kier molecular flexibility index (Phi) is 2.52. The quantitative estimate of drug-likeness (QED) is 0.697. The van der Waals surface area contributed by atoms with Crippen molar-refractivity contribution < 1.29 is 4.42 Å². The predicted octanol–water partition coefficient (Wildman–Crippen LogP) is 1.26. The number of aromatic nitrogens is 1. The first kappa shape index (κ1) is 8.56. The minimum absolute atomic E-state index is 0. The Morgan fingerprint density at radius 2 is 2.36 bits per heavy atom.